The molecule has 1 saturated heterocycles. The Balaban J connectivity index is 1.57. The van der Waals surface area contributed by atoms with E-state index in [0.717, 1.165) is 32.7 Å². The molecular formula is C16H19ClN4O. The van der Waals surface area contributed by atoms with Crippen molar-refractivity contribution in [2.45, 2.75) is 6.54 Å². The smallest absolute Gasteiger partial charge is 0.270 e. The molecule has 0 aromatic carbocycles. The number of amides is 1. The standard InChI is InChI=1S/C16H19ClN4O/c1-19-12-14(17)10-15(19)16(22)21-8-6-20(7-9-21)11-13-2-4-18-5-3-13/h2-5,10,12H,6-9,11H2,1H3. The van der Waals surface area contributed by atoms with E-state index in [0.29, 0.717) is 10.7 Å². The fourth-order valence-electron chi connectivity index (χ4n) is 2.75. The van der Waals surface area contributed by atoms with E-state index in [2.05, 4.69) is 9.88 Å². The first-order valence-electron chi connectivity index (χ1n) is 7.36. The first-order valence-corrected chi connectivity index (χ1v) is 7.73. The molecule has 3 rings (SSSR count). The number of hydrogen-bond acceptors (Lipinski definition) is 3. The van der Waals surface area contributed by atoms with E-state index in [1.54, 1.807) is 16.8 Å². The highest BCUT2D eigenvalue weighted by molar-refractivity contribution is 6.31. The summed E-state index contributed by atoms with van der Waals surface area (Å²) in [7, 11) is 1.85. The topological polar surface area (TPSA) is 41.4 Å². The van der Waals surface area contributed by atoms with E-state index in [1.807, 2.05) is 36.5 Å². The Labute approximate surface area is 135 Å². The number of nitrogens with zero attached hydrogens (tertiary/aromatic N) is 4. The monoisotopic (exact) mass is 318 g/mol. The number of piperazine rings is 1. The zero-order valence-electron chi connectivity index (χ0n) is 12.6. The van der Waals surface area contributed by atoms with Crippen LogP contribution in [0.25, 0.3) is 0 Å². The highest BCUT2D eigenvalue weighted by Crippen LogP contribution is 2.16. The Hall–Kier alpha value is -1.85. The Kier molecular flexibility index (Phi) is 4.45. The minimum Gasteiger partial charge on any atom is -0.345 e. The van der Waals surface area contributed by atoms with Gasteiger partial charge in [-0.1, -0.05) is 11.6 Å². The Morgan fingerprint density at radius 1 is 1.23 bits per heavy atom. The van der Waals surface area contributed by atoms with Gasteiger partial charge in [-0.25, -0.2) is 0 Å². The normalized spacial score (nSPS) is 16.0. The summed E-state index contributed by atoms with van der Waals surface area (Å²) in [6.07, 6.45) is 5.39. The van der Waals surface area contributed by atoms with Gasteiger partial charge in [-0.2, -0.15) is 0 Å². The molecule has 0 spiro atoms. The minimum absolute atomic E-state index is 0.0537. The number of carbonyl (C=O) groups is 1. The summed E-state index contributed by atoms with van der Waals surface area (Å²) >= 11 is 5.96. The van der Waals surface area contributed by atoms with Crippen molar-refractivity contribution >= 4 is 17.5 Å². The maximum absolute atomic E-state index is 12.5. The predicted octanol–water partition coefficient (Wildman–Crippen LogP) is 2.03. The zero-order chi connectivity index (χ0) is 15.5. The van der Waals surface area contributed by atoms with Crippen LogP contribution in [0.4, 0.5) is 0 Å². The molecule has 2 aromatic heterocycles. The van der Waals surface area contributed by atoms with Gasteiger partial charge in [0.05, 0.1) is 5.02 Å². The van der Waals surface area contributed by atoms with Gasteiger partial charge < -0.3 is 9.47 Å². The molecule has 0 atom stereocenters. The van der Waals surface area contributed by atoms with Crippen molar-refractivity contribution in [2.75, 3.05) is 26.2 Å². The molecule has 0 radical (unpaired) electrons. The molecule has 6 heteroatoms. The lowest BCUT2D eigenvalue weighted by Crippen LogP contribution is -2.48. The molecule has 2 aromatic rings. The van der Waals surface area contributed by atoms with E-state index in [4.69, 9.17) is 11.6 Å². The number of carbonyl (C=O) groups excluding carboxylic acids is 1. The summed E-state index contributed by atoms with van der Waals surface area (Å²) in [4.78, 5) is 20.8. The van der Waals surface area contributed by atoms with Crippen LogP contribution in [0.2, 0.25) is 5.02 Å². The van der Waals surface area contributed by atoms with Crippen LogP contribution in [-0.2, 0) is 13.6 Å². The summed E-state index contributed by atoms with van der Waals surface area (Å²) < 4.78 is 1.79. The van der Waals surface area contributed by atoms with Gasteiger partial charge in [-0.3, -0.25) is 14.7 Å². The van der Waals surface area contributed by atoms with Gasteiger partial charge in [-0.15, -0.1) is 0 Å². The van der Waals surface area contributed by atoms with Crippen LogP contribution in [0.5, 0.6) is 0 Å². The van der Waals surface area contributed by atoms with Crippen LogP contribution >= 0.6 is 11.6 Å². The molecular weight excluding hydrogens is 300 g/mol. The van der Waals surface area contributed by atoms with E-state index in [1.165, 1.54) is 5.56 Å². The highest BCUT2D eigenvalue weighted by atomic mass is 35.5. The Morgan fingerprint density at radius 2 is 1.91 bits per heavy atom. The second-order valence-electron chi connectivity index (χ2n) is 5.58. The second kappa shape index (κ2) is 6.50. The molecule has 22 heavy (non-hydrogen) atoms. The number of pyridine rings is 1. The lowest BCUT2D eigenvalue weighted by atomic mass is 10.2. The molecule has 3 heterocycles. The molecule has 1 amide bonds. The third kappa shape index (κ3) is 3.31. The maximum atomic E-state index is 12.5. The molecule has 5 nitrogen and oxygen atoms in total. The van der Waals surface area contributed by atoms with E-state index in [-0.39, 0.29) is 5.91 Å². The van der Waals surface area contributed by atoms with Crippen LogP contribution in [0.1, 0.15) is 16.1 Å². The van der Waals surface area contributed by atoms with Crippen molar-refractivity contribution < 1.29 is 4.79 Å². The van der Waals surface area contributed by atoms with Crippen molar-refractivity contribution in [3.05, 3.63) is 53.1 Å². The number of hydrogen-bond donors (Lipinski definition) is 0. The SMILES string of the molecule is Cn1cc(Cl)cc1C(=O)N1CCN(Cc2ccncc2)CC1. The van der Waals surface area contributed by atoms with Gasteiger partial charge in [0, 0.05) is 58.4 Å². The molecule has 0 saturated carbocycles. The van der Waals surface area contributed by atoms with Crippen LogP contribution in [0.15, 0.2) is 36.8 Å². The van der Waals surface area contributed by atoms with Gasteiger partial charge in [0.15, 0.2) is 0 Å². The second-order valence-corrected chi connectivity index (χ2v) is 6.01. The van der Waals surface area contributed by atoms with E-state index < -0.39 is 0 Å². The van der Waals surface area contributed by atoms with Crippen LogP contribution < -0.4 is 0 Å². The lowest BCUT2D eigenvalue weighted by molar-refractivity contribution is 0.0619. The molecule has 1 aliphatic heterocycles. The third-order valence-electron chi connectivity index (χ3n) is 4.01. The number of halogens is 1. The van der Waals surface area contributed by atoms with Crippen LogP contribution in [0, 0.1) is 0 Å². The van der Waals surface area contributed by atoms with Crippen molar-refractivity contribution in [1.29, 1.82) is 0 Å². The molecule has 0 aliphatic carbocycles. The van der Waals surface area contributed by atoms with Crippen molar-refractivity contribution in [3.63, 3.8) is 0 Å². The summed E-state index contributed by atoms with van der Waals surface area (Å²) in [6.45, 7) is 4.15. The predicted molar refractivity (Wildman–Crippen MR) is 85.8 cm³/mol. The average molecular weight is 319 g/mol. The maximum Gasteiger partial charge on any atom is 0.270 e. The first-order chi connectivity index (χ1) is 10.6. The molecule has 0 bridgehead atoms. The van der Waals surface area contributed by atoms with E-state index in [9.17, 15) is 4.79 Å². The molecule has 1 fully saturated rings. The largest absolute Gasteiger partial charge is 0.345 e. The molecule has 116 valence electrons. The number of aromatic nitrogens is 2. The Morgan fingerprint density at radius 3 is 2.50 bits per heavy atom. The Bertz CT molecular complexity index is 647. The first kappa shape index (κ1) is 15.1. The third-order valence-corrected chi connectivity index (χ3v) is 4.21. The van der Waals surface area contributed by atoms with Gasteiger partial charge in [0.25, 0.3) is 5.91 Å². The summed E-state index contributed by atoms with van der Waals surface area (Å²) in [6, 6.07) is 5.79. The molecule has 0 N–H and O–H groups in total. The minimum atomic E-state index is 0.0537. The fraction of sp³-hybridized carbons (Fsp3) is 0.375. The van der Waals surface area contributed by atoms with Gasteiger partial charge >= 0.3 is 0 Å². The van der Waals surface area contributed by atoms with Crippen LogP contribution in [-0.4, -0.2) is 51.4 Å². The summed E-state index contributed by atoms with van der Waals surface area (Å²) in [5, 5.41) is 0.599. The van der Waals surface area contributed by atoms with E-state index >= 15 is 0 Å². The molecule has 1 aliphatic rings. The summed E-state index contributed by atoms with van der Waals surface area (Å²) in [5.74, 6) is 0.0537. The van der Waals surface area contributed by atoms with Gasteiger partial charge in [0.2, 0.25) is 0 Å². The molecule has 0 unspecified atom stereocenters. The quantitative estimate of drug-likeness (QED) is 0.869. The summed E-state index contributed by atoms with van der Waals surface area (Å²) in [5.41, 5.74) is 1.90. The van der Waals surface area contributed by atoms with Gasteiger partial charge in [0.1, 0.15) is 5.69 Å². The van der Waals surface area contributed by atoms with Gasteiger partial charge in [-0.05, 0) is 23.8 Å². The van der Waals surface area contributed by atoms with Crippen molar-refractivity contribution in [1.82, 2.24) is 19.4 Å². The lowest BCUT2D eigenvalue weighted by Gasteiger charge is -2.34. The number of rotatable bonds is 3. The fourth-order valence-corrected chi connectivity index (χ4v) is 3.00. The number of aryl methyl sites for hydroxylation is 1. The van der Waals surface area contributed by atoms with Crippen molar-refractivity contribution in [2.24, 2.45) is 7.05 Å². The zero-order valence-corrected chi connectivity index (χ0v) is 13.3. The van der Waals surface area contributed by atoms with Crippen molar-refractivity contribution in [3.8, 4) is 0 Å². The van der Waals surface area contributed by atoms with Crippen LogP contribution in [0.3, 0.4) is 0 Å². The average Bonchev–Trinajstić information content (AvgIpc) is 2.87. The highest BCUT2D eigenvalue weighted by Gasteiger charge is 2.23.